The number of aromatic nitrogens is 1. The predicted molar refractivity (Wildman–Crippen MR) is 146 cm³/mol. The largest absolute Gasteiger partial charge is 0.507 e. The number of nitrogens with zero attached hydrogens (tertiary/aromatic N) is 3. The van der Waals surface area contributed by atoms with Gasteiger partial charge in [0.2, 0.25) is 5.89 Å². The van der Waals surface area contributed by atoms with E-state index in [2.05, 4.69) is 15.6 Å². The Kier molecular flexibility index (Phi) is 6.90. The van der Waals surface area contributed by atoms with Crippen molar-refractivity contribution in [2.75, 3.05) is 36.5 Å². The quantitative estimate of drug-likeness (QED) is 0.192. The van der Waals surface area contributed by atoms with Crippen LogP contribution in [0.4, 0.5) is 17.1 Å². The molecule has 4 aromatic rings. The number of carbonyl (C=O) groups is 1. The lowest BCUT2D eigenvalue weighted by Crippen LogP contribution is -2.37. The van der Waals surface area contributed by atoms with Gasteiger partial charge in [-0.25, -0.2) is 4.98 Å². The Balaban J connectivity index is 1.27. The van der Waals surface area contributed by atoms with E-state index in [9.17, 15) is 20.0 Å². The smallest absolute Gasteiger partial charge is 0.293 e. The number of hydrogen-bond donors (Lipinski definition) is 3. The molecule has 0 unspecified atom stereocenters. The van der Waals surface area contributed by atoms with E-state index in [0.29, 0.717) is 54.3 Å². The number of fused-ring (bicyclic) bond motifs is 1. The first-order valence-corrected chi connectivity index (χ1v) is 12.1. The third kappa shape index (κ3) is 5.26. The van der Waals surface area contributed by atoms with Crippen LogP contribution in [-0.2, 0) is 4.74 Å². The van der Waals surface area contributed by atoms with Gasteiger partial charge >= 0.3 is 0 Å². The molecule has 1 amide bonds. The van der Waals surface area contributed by atoms with Crippen molar-refractivity contribution in [2.45, 2.75) is 6.92 Å². The number of thiocarbonyl (C=S) groups is 1. The summed E-state index contributed by atoms with van der Waals surface area (Å²) in [7, 11) is 0. The average molecular weight is 534 g/mol. The molecule has 1 fully saturated rings. The Hall–Kier alpha value is -4.55. The van der Waals surface area contributed by atoms with Crippen molar-refractivity contribution in [2.24, 2.45) is 0 Å². The molecule has 3 aromatic carbocycles. The topological polar surface area (TPSA) is 143 Å². The normalized spacial score (nSPS) is 13.3. The van der Waals surface area contributed by atoms with Crippen LogP contribution in [0.3, 0.4) is 0 Å². The molecular formula is C26H23N5O6S. The number of hydrogen-bond acceptors (Lipinski definition) is 9. The fourth-order valence-corrected chi connectivity index (χ4v) is 4.37. The molecule has 1 aliphatic heterocycles. The zero-order valence-corrected chi connectivity index (χ0v) is 21.1. The van der Waals surface area contributed by atoms with Crippen molar-refractivity contribution in [3.05, 3.63) is 75.8 Å². The van der Waals surface area contributed by atoms with Crippen molar-refractivity contribution in [3.63, 3.8) is 0 Å². The monoisotopic (exact) mass is 533 g/mol. The van der Waals surface area contributed by atoms with Crippen LogP contribution in [0.15, 0.2) is 59.0 Å². The van der Waals surface area contributed by atoms with Crippen LogP contribution in [0, 0.1) is 17.0 Å². The Bertz CT molecular complexity index is 1560. The summed E-state index contributed by atoms with van der Waals surface area (Å²) in [5.74, 6) is -0.434. The molecule has 0 radical (unpaired) electrons. The molecule has 5 rings (SSSR count). The second-order valence-corrected chi connectivity index (χ2v) is 9.10. The first-order valence-electron chi connectivity index (χ1n) is 11.7. The molecule has 38 heavy (non-hydrogen) atoms. The number of nitrogens with one attached hydrogen (secondary N) is 2. The van der Waals surface area contributed by atoms with Crippen molar-refractivity contribution >= 4 is 51.4 Å². The van der Waals surface area contributed by atoms with Gasteiger partial charge in [0, 0.05) is 36.5 Å². The molecule has 2 heterocycles. The number of amides is 1. The van der Waals surface area contributed by atoms with Crippen LogP contribution in [0.2, 0.25) is 0 Å². The maximum absolute atomic E-state index is 12.8. The van der Waals surface area contributed by atoms with Gasteiger partial charge in [-0.3, -0.25) is 20.2 Å². The summed E-state index contributed by atoms with van der Waals surface area (Å²) in [5.41, 5.74) is 3.48. The third-order valence-corrected chi connectivity index (χ3v) is 6.25. The number of aromatic hydroxyl groups is 1. The fraction of sp³-hybridized carbons (Fsp3) is 0.192. The highest BCUT2D eigenvalue weighted by Crippen LogP contribution is 2.33. The molecular weight excluding hydrogens is 510 g/mol. The summed E-state index contributed by atoms with van der Waals surface area (Å²) in [6.45, 7) is 3.96. The minimum atomic E-state index is -0.610. The molecule has 194 valence electrons. The summed E-state index contributed by atoms with van der Waals surface area (Å²) in [6.07, 6.45) is 0. The van der Waals surface area contributed by atoms with E-state index in [0.717, 1.165) is 5.56 Å². The highest BCUT2D eigenvalue weighted by Gasteiger charge is 2.23. The summed E-state index contributed by atoms with van der Waals surface area (Å²) in [5, 5.41) is 27.5. The van der Waals surface area contributed by atoms with Crippen molar-refractivity contribution in [1.29, 1.82) is 0 Å². The van der Waals surface area contributed by atoms with E-state index < -0.39 is 10.8 Å². The Morgan fingerprint density at radius 1 is 1.13 bits per heavy atom. The van der Waals surface area contributed by atoms with E-state index in [1.54, 1.807) is 18.2 Å². The van der Waals surface area contributed by atoms with E-state index in [1.165, 1.54) is 18.2 Å². The summed E-state index contributed by atoms with van der Waals surface area (Å²) >= 11 is 5.24. The highest BCUT2D eigenvalue weighted by atomic mass is 32.1. The standard InChI is InChI=1S/C26H23N5O6S/c1-15-2-7-23-19(12-15)28-25(37-23)18-5-4-17(14-22(18)32)27-26(38)29-24(33)16-3-6-20(21(13-16)31(34)35)30-8-10-36-11-9-30/h2-7,12-14,32H,8-11H2,1H3,(H2,27,29,33,38). The van der Waals surface area contributed by atoms with E-state index >= 15 is 0 Å². The van der Waals surface area contributed by atoms with Gasteiger partial charge in [0.1, 0.15) is 17.0 Å². The molecule has 1 aliphatic rings. The number of rotatable bonds is 5. The lowest BCUT2D eigenvalue weighted by atomic mass is 10.1. The van der Waals surface area contributed by atoms with Gasteiger partial charge in [0.05, 0.1) is 23.7 Å². The summed E-state index contributed by atoms with van der Waals surface area (Å²) < 4.78 is 11.1. The Labute approximate surface area is 222 Å². The van der Waals surface area contributed by atoms with Crippen LogP contribution in [0.25, 0.3) is 22.6 Å². The van der Waals surface area contributed by atoms with Crippen LogP contribution in [0.1, 0.15) is 15.9 Å². The van der Waals surface area contributed by atoms with Gasteiger partial charge in [-0.1, -0.05) is 6.07 Å². The van der Waals surface area contributed by atoms with E-state index in [4.69, 9.17) is 21.4 Å². The lowest BCUT2D eigenvalue weighted by Gasteiger charge is -2.28. The van der Waals surface area contributed by atoms with Gasteiger partial charge in [0.15, 0.2) is 10.7 Å². The Morgan fingerprint density at radius 2 is 1.92 bits per heavy atom. The number of nitro groups is 1. The second kappa shape index (κ2) is 10.4. The number of ether oxygens (including phenoxy) is 1. The van der Waals surface area contributed by atoms with E-state index in [1.807, 2.05) is 30.0 Å². The first kappa shape index (κ1) is 25.1. The van der Waals surface area contributed by atoms with Gasteiger partial charge < -0.3 is 24.5 Å². The second-order valence-electron chi connectivity index (χ2n) is 8.69. The van der Waals surface area contributed by atoms with Crippen LogP contribution in [-0.4, -0.2) is 52.3 Å². The molecule has 0 spiro atoms. The van der Waals surface area contributed by atoms with Gasteiger partial charge in [0.25, 0.3) is 11.6 Å². The highest BCUT2D eigenvalue weighted by molar-refractivity contribution is 7.80. The number of benzene rings is 3. The number of nitro benzene ring substituents is 1. The average Bonchev–Trinajstić information content (AvgIpc) is 3.31. The minimum absolute atomic E-state index is 0.0422. The predicted octanol–water partition coefficient (Wildman–Crippen LogP) is 4.38. The molecule has 0 aliphatic carbocycles. The number of carbonyl (C=O) groups excluding carboxylic acids is 1. The van der Waals surface area contributed by atoms with Crippen LogP contribution >= 0.6 is 12.2 Å². The summed E-state index contributed by atoms with van der Waals surface area (Å²) in [4.78, 5) is 30.2. The molecule has 0 bridgehead atoms. The van der Waals surface area contributed by atoms with Gasteiger partial charge in [-0.05, 0) is 61.1 Å². The number of anilines is 2. The minimum Gasteiger partial charge on any atom is -0.507 e. The zero-order chi connectivity index (χ0) is 26.8. The lowest BCUT2D eigenvalue weighted by molar-refractivity contribution is -0.384. The van der Waals surface area contributed by atoms with Crippen LogP contribution < -0.4 is 15.5 Å². The molecule has 0 atom stereocenters. The maximum Gasteiger partial charge on any atom is 0.293 e. The number of morpholine rings is 1. The third-order valence-electron chi connectivity index (χ3n) is 6.04. The molecule has 3 N–H and O–H groups in total. The molecule has 11 nitrogen and oxygen atoms in total. The van der Waals surface area contributed by atoms with Crippen LogP contribution in [0.5, 0.6) is 5.75 Å². The fourth-order valence-electron chi connectivity index (χ4n) is 4.16. The van der Waals surface area contributed by atoms with Crippen molar-refractivity contribution < 1.29 is 24.0 Å². The number of phenols is 1. The SMILES string of the molecule is Cc1ccc2oc(-c3ccc(NC(=S)NC(=O)c4ccc(N5CCOCC5)c([N+](=O)[O-])c4)cc3O)nc2c1. The number of aryl methyl sites for hydroxylation is 1. The molecule has 1 saturated heterocycles. The van der Waals surface area contributed by atoms with Gasteiger partial charge in [-0.2, -0.15) is 0 Å². The maximum atomic E-state index is 12.8. The van der Waals surface area contributed by atoms with E-state index in [-0.39, 0.29) is 28.0 Å². The number of phenolic OH excluding ortho intramolecular Hbond substituents is 1. The zero-order valence-electron chi connectivity index (χ0n) is 20.3. The van der Waals surface area contributed by atoms with Crippen molar-refractivity contribution in [3.8, 4) is 17.2 Å². The first-order chi connectivity index (χ1) is 18.3. The molecule has 12 heteroatoms. The van der Waals surface area contributed by atoms with Gasteiger partial charge in [-0.15, -0.1) is 0 Å². The Morgan fingerprint density at radius 3 is 2.66 bits per heavy atom. The molecule has 0 saturated carbocycles. The van der Waals surface area contributed by atoms with Crippen molar-refractivity contribution in [1.82, 2.24) is 10.3 Å². The summed E-state index contributed by atoms with van der Waals surface area (Å²) in [6, 6.07) is 14.6. The number of oxazole rings is 1. The molecule has 1 aromatic heterocycles.